The lowest BCUT2D eigenvalue weighted by Gasteiger charge is -2.19. The van der Waals surface area contributed by atoms with Gasteiger partial charge in [-0.1, -0.05) is 92.5 Å². The Morgan fingerprint density at radius 1 is 1.03 bits per heavy atom. The first-order chi connectivity index (χ1) is 16.2. The van der Waals surface area contributed by atoms with Gasteiger partial charge in [-0.05, 0) is 40.3 Å². The highest BCUT2D eigenvalue weighted by Gasteiger charge is 2.13. The number of para-hydroxylation sites is 1. The monoisotopic (exact) mass is 491 g/mol. The highest BCUT2D eigenvalue weighted by Crippen LogP contribution is 2.26. The van der Waals surface area contributed by atoms with Crippen LogP contribution in [-0.4, -0.2) is 16.7 Å². The Morgan fingerprint density at radius 2 is 1.76 bits per heavy atom. The van der Waals surface area contributed by atoms with Gasteiger partial charge >= 0.3 is 0 Å². The number of hydrazone groups is 1. The van der Waals surface area contributed by atoms with Gasteiger partial charge in [-0.15, -0.1) is 0 Å². The maximum Gasteiger partial charge on any atom is 0.244 e. The van der Waals surface area contributed by atoms with Crippen LogP contribution < -0.4 is 5.43 Å². The van der Waals surface area contributed by atoms with Gasteiger partial charge in [-0.2, -0.15) is 5.10 Å². The minimum Gasteiger partial charge on any atom is -0.342 e. The van der Waals surface area contributed by atoms with Crippen molar-refractivity contribution in [2.24, 2.45) is 5.10 Å². The van der Waals surface area contributed by atoms with Gasteiger partial charge in [0, 0.05) is 39.3 Å². The summed E-state index contributed by atoms with van der Waals surface area (Å²) < 4.78 is 2.12. The molecule has 0 fully saturated rings. The molecule has 4 aromatic rings. The molecule has 3 aromatic carbocycles. The summed E-state index contributed by atoms with van der Waals surface area (Å²) in [4.78, 5) is 12.4. The summed E-state index contributed by atoms with van der Waals surface area (Å²) >= 11 is 12.4. The van der Waals surface area contributed by atoms with Gasteiger partial charge in [-0.3, -0.25) is 4.79 Å². The first kappa shape index (κ1) is 24.1. The molecule has 0 saturated heterocycles. The number of carbonyl (C=O) groups excluding carboxylic acids is 1. The number of halogens is 2. The van der Waals surface area contributed by atoms with Gasteiger partial charge in [-0.25, -0.2) is 5.43 Å². The molecule has 6 heteroatoms. The largest absolute Gasteiger partial charge is 0.342 e. The normalized spacial score (nSPS) is 11.9. The molecule has 0 aliphatic rings. The van der Waals surface area contributed by atoms with E-state index in [1.807, 2.05) is 48.7 Å². The van der Waals surface area contributed by atoms with Gasteiger partial charge in [0.1, 0.15) is 0 Å². The molecule has 34 heavy (non-hydrogen) atoms. The second-order valence-corrected chi connectivity index (χ2v) is 10.2. The molecular weight excluding hydrogens is 465 g/mol. The lowest BCUT2D eigenvalue weighted by molar-refractivity contribution is -0.120. The molecule has 0 aliphatic heterocycles. The number of nitrogens with zero attached hydrogens (tertiary/aromatic N) is 2. The van der Waals surface area contributed by atoms with E-state index in [2.05, 4.69) is 54.1 Å². The third-order valence-corrected chi connectivity index (χ3v) is 6.34. The standard InChI is InChI=1S/C28H27Cl2N3O/c1-28(2,3)22-11-8-19(9-12-22)14-27(34)32-31-16-21-18-33(26-7-5-4-6-24(21)26)17-20-10-13-23(29)15-25(20)30/h4-13,15-16,18H,14,17H2,1-3H3,(H,32,34)/b31-16-. The average molecular weight is 492 g/mol. The highest BCUT2D eigenvalue weighted by atomic mass is 35.5. The summed E-state index contributed by atoms with van der Waals surface area (Å²) in [6, 6.07) is 21.7. The summed E-state index contributed by atoms with van der Waals surface area (Å²) in [5, 5.41) is 6.50. The van der Waals surface area contributed by atoms with Crippen molar-refractivity contribution >= 4 is 46.2 Å². The van der Waals surface area contributed by atoms with Crippen molar-refractivity contribution in [2.75, 3.05) is 0 Å². The first-order valence-corrected chi connectivity index (χ1v) is 11.9. The van der Waals surface area contributed by atoms with E-state index >= 15 is 0 Å². The van der Waals surface area contributed by atoms with Crippen molar-refractivity contribution in [1.82, 2.24) is 9.99 Å². The smallest absolute Gasteiger partial charge is 0.244 e. The van der Waals surface area contributed by atoms with Crippen molar-refractivity contribution in [3.05, 3.63) is 105 Å². The topological polar surface area (TPSA) is 46.4 Å². The molecule has 4 rings (SSSR count). The number of hydrogen-bond acceptors (Lipinski definition) is 2. The molecule has 4 nitrogen and oxygen atoms in total. The van der Waals surface area contributed by atoms with E-state index in [1.165, 1.54) is 5.56 Å². The van der Waals surface area contributed by atoms with Crippen LogP contribution in [0.5, 0.6) is 0 Å². The number of hydrogen-bond donors (Lipinski definition) is 1. The van der Waals surface area contributed by atoms with Gasteiger partial charge in [0.25, 0.3) is 0 Å². The molecule has 0 bridgehead atoms. The van der Waals surface area contributed by atoms with Crippen molar-refractivity contribution in [2.45, 2.75) is 39.2 Å². The predicted octanol–water partition coefficient (Wildman–Crippen LogP) is 6.99. The molecule has 0 saturated carbocycles. The van der Waals surface area contributed by atoms with Crippen LogP contribution in [0.4, 0.5) is 0 Å². The Labute approximate surface area is 210 Å². The molecular formula is C28H27Cl2N3O. The summed E-state index contributed by atoms with van der Waals surface area (Å²) in [7, 11) is 0. The fourth-order valence-electron chi connectivity index (χ4n) is 3.86. The molecule has 0 atom stereocenters. The quantitative estimate of drug-likeness (QED) is 0.229. The number of aromatic nitrogens is 1. The Balaban J connectivity index is 1.46. The van der Waals surface area contributed by atoms with Crippen LogP contribution in [0.3, 0.4) is 0 Å². The molecule has 1 amide bonds. The number of amides is 1. The third-order valence-electron chi connectivity index (χ3n) is 5.75. The van der Waals surface area contributed by atoms with Crippen LogP contribution in [0.15, 0.2) is 78.0 Å². The molecule has 0 unspecified atom stereocenters. The zero-order valence-corrected chi connectivity index (χ0v) is 21.0. The van der Waals surface area contributed by atoms with Crippen molar-refractivity contribution in [1.29, 1.82) is 0 Å². The molecule has 0 spiro atoms. The number of benzene rings is 3. The summed E-state index contributed by atoms with van der Waals surface area (Å²) in [5.41, 5.74) is 7.87. The summed E-state index contributed by atoms with van der Waals surface area (Å²) in [6.07, 6.45) is 3.97. The summed E-state index contributed by atoms with van der Waals surface area (Å²) in [5.74, 6) is -0.156. The molecule has 1 N–H and O–H groups in total. The Hall–Kier alpha value is -3.08. The number of fused-ring (bicyclic) bond motifs is 1. The minimum atomic E-state index is -0.156. The molecule has 0 aliphatic carbocycles. The number of nitrogens with one attached hydrogen (secondary N) is 1. The van der Waals surface area contributed by atoms with Crippen molar-refractivity contribution in [3.8, 4) is 0 Å². The number of carbonyl (C=O) groups is 1. The van der Waals surface area contributed by atoms with Gasteiger partial charge in [0.15, 0.2) is 0 Å². The maximum atomic E-state index is 12.4. The molecule has 174 valence electrons. The van der Waals surface area contributed by atoms with Crippen LogP contribution in [0.25, 0.3) is 10.9 Å². The van der Waals surface area contributed by atoms with E-state index in [0.717, 1.165) is 27.6 Å². The fraction of sp³-hybridized carbons (Fsp3) is 0.214. The van der Waals surface area contributed by atoms with Gasteiger partial charge in [0.05, 0.1) is 12.6 Å². The van der Waals surface area contributed by atoms with E-state index < -0.39 is 0 Å². The van der Waals surface area contributed by atoms with Crippen molar-refractivity contribution < 1.29 is 4.79 Å². The van der Waals surface area contributed by atoms with Gasteiger partial charge < -0.3 is 4.57 Å². The minimum absolute atomic E-state index is 0.0865. The average Bonchev–Trinajstić information content (AvgIpc) is 3.13. The lowest BCUT2D eigenvalue weighted by atomic mass is 9.86. The SMILES string of the molecule is CC(C)(C)c1ccc(CC(=O)N/N=C\c2cn(Cc3ccc(Cl)cc3Cl)c3ccccc23)cc1. The highest BCUT2D eigenvalue weighted by molar-refractivity contribution is 6.35. The van der Waals surface area contributed by atoms with E-state index in [1.54, 1.807) is 12.3 Å². The Bertz CT molecular complexity index is 1350. The van der Waals surface area contributed by atoms with E-state index in [9.17, 15) is 4.79 Å². The summed E-state index contributed by atoms with van der Waals surface area (Å²) in [6.45, 7) is 7.11. The van der Waals surface area contributed by atoms with Crippen molar-refractivity contribution in [3.63, 3.8) is 0 Å². The van der Waals surface area contributed by atoms with Crippen LogP contribution >= 0.6 is 23.2 Å². The van der Waals surface area contributed by atoms with Crippen LogP contribution in [0.1, 0.15) is 43.0 Å². The zero-order chi connectivity index (χ0) is 24.3. The van der Waals surface area contributed by atoms with E-state index in [-0.39, 0.29) is 17.7 Å². The zero-order valence-electron chi connectivity index (χ0n) is 19.5. The predicted molar refractivity (Wildman–Crippen MR) is 142 cm³/mol. The fourth-order valence-corrected chi connectivity index (χ4v) is 4.33. The van der Waals surface area contributed by atoms with Crippen LogP contribution in [0.2, 0.25) is 10.0 Å². The Morgan fingerprint density at radius 3 is 2.47 bits per heavy atom. The second kappa shape index (κ2) is 10.0. The molecule has 1 heterocycles. The first-order valence-electron chi connectivity index (χ1n) is 11.1. The van der Waals surface area contributed by atoms with Crippen LogP contribution in [0, 0.1) is 0 Å². The Kier molecular flexibility index (Phi) is 7.11. The van der Waals surface area contributed by atoms with Gasteiger partial charge in [0.2, 0.25) is 5.91 Å². The third kappa shape index (κ3) is 5.69. The lowest BCUT2D eigenvalue weighted by Crippen LogP contribution is -2.20. The molecule has 0 radical (unpaired) electrons. The van der Waals surface area contributed by atoms with E-state index in [0.29, 0.717) is 16.6 Å². The molecule has 1 aromatic heterocycles. The number of rotatable bonds is 6. The maximum absolute atomic E-state index is 12.4. The van der Waals surface area contributed by atoms with E-state index in [4.69, 9.17) is 23.2 Å². The second-order valence-electron chi connectivity index (χ2n) is 9.38. The van der Waals surface area contributed by atoms with Crippen LogP contribution in [-0.2, 0) is 23.2 Å².